The van der Waals surface area contributed by atoms with Crippen molar-refractivity contribution in [3.8, 4) is 0 Å². The smallest absolute Gasteiger partial charge is 0.191 e. The average Bonchev–Trinajstić information content (AvgIpc) is 2.67. The molecule has 0 saturated carbocycles. The molecule has 1 heterocycles. The molecule has 0 aliphatic carbocycles. The molecule has 1 saturated heterocycles. The molecule has 4 heteroatoms. The molecule has 1 aliphatic rings. The first kappa shape index (κ1) is 11.3. The number of likely N-dealkylation sites (N-methyl/N-ethyl adjacent to an activating group) is 1. The summed E-state index contributed by atoms with van der Waals surface area (Å²) in [5.74, 6) is 0.659. The highest BCUT2D eigenvalue weighted by molar-refractivity contribution is 5.77. The molecule has 14 heavy (non-hydrogen) atoms. The second kappa shape index (κ2) is 5.86. The van der Waals surface area contributed by atoms with Crippen LogP contribution in [0.15, 0.2) is 4.99 Å². The van der Waals surface area contributed by atoms with Gasteiger partial charge >= 0.3 is 0 Å². The van der Waals surface area contributed by atoms with Crippen LogP contribution in [0, 0.1) is 0 Å². The number of hydrogen-bond acceptors (Lipinski definition) is 2. The van der Waals surface area contributed by atoms with Crippen molar-refractivity contribution >= 4 is 5.96 Å². The number of nitrogens with zero attached hydrogens (tertiary/aromatic N) is 3. The van der Waals surface area contributed by atoms with E-state index in [2.05, 4.69) is 9.89 Å². The van der Waals surface area contributed by atoms with Gasteiger partial charge in [-0.15, -0.1) is 0 Å². The van der Waals surface area contributed by atoms with Gasteiger partial charge < -0.3 is 15.5 Å². The lowest BCUT2D eigenvalue weighted by Crippen LogP contribution is -2.39. The van der Waals surface area contributed by atoms with Gasteiger partial charge in [0, 0.05) is 26.7 Å². The lowest BCUT2D eigenvalue weighted by molar-refractivity contribution is 0.306. The first-order valence-corrected chi connectivity index (χ1v) is 5.47. The van der Waals surface area contributed by atoms with Crippen molar-refractivity contribution in [2.24, 2.45) is 10.7 Å². The zero-order valence-corrected chi connectivity index (χ0v) is 9.37. The third-order valence-electron chi connectivity index (χ3n) is 2.66. The van der Waals surface area contributed by atoms with Gasteiger partial charge in [0.2, 0.25) is 0 Å². The summed E-state index contributed by atoms with van der Waals surface area (Å²) in [5, 5.41) is 0. The standard InChI is InChI=1S/C10H22N4/c1-3-12-10(11)13(2)8-9-14-6-4-5-7-14/h3-9H2,1-2H3,(H2,11,12). The first-order chi connectivity index (χ1) is 6.74. The van der Waals surface area contributed by atoms with Crippen LogP contribution in [-0.4, -0.2) is 55.5 Å². The van der Waals surface area contributed by atoms with Crippen molar-refractivity contribution in [3.05, 3.63) is 0 Å². The van der Waals surface area contributed by atoms with Crippen LogP contribution in [0.25, 0.3) is 0 Å². The minimum atomic E-state index is 0.659. The van der Waals surface area contributed by atoms with Crippen molar-refractivity contribution in [3.63, 3.8) is 0 Å². The molecule has 0 aromatic heterocycles. The Labute approximate surface area is 86.8 Å². The van der Waals surface area contributed by atoms with Crippen molar-refractivity contribution in [1.29, 1.82) is 0 Å². The van der Waals surface area contributed by atoms with Crippen LogP contribution in [0.2, 0.25) is 0 Å². The van der Waals surface area contributed by atoms with Crippen LogP contribution in [0.4, 0.5) is 0 Å². The summed E-state index contributed by atoms with van der Waals surface area (Å²) in [5.41, 5.74) is 5.77. The minimum absolute atomic E-state index is 0.659. The Morgan fingerprint density at radius 3 is 2.64 bits per heavy atom. The number of aliphatic imine (C=N–C) groups is 1. The number of likely N-dealkylation sites (tertiary alicyclic amines) is 1. The van der Waals surface area contributed by atoms with E-state index in [1.807, 2.05) is 18.9 Å². The molecule has 1 aliphatic heterocycles. The van der Waals surface area contributed by atoms with Gasteiger partial charge in [-0.3, -0.25) is 4.99 Å². The Bertz CT molecular complexity index is 185. The van der Waals surface area contributed by atoms with Crippen LogP contribution < -0.4 is 5.73 Å². The average molecular weight is 198 g/mol. The highest BCUT2D eigenvalue weighted by Crippen LogP contribution is 2.06. The van der Waals surface area contributed by atoms with Crippen LogP contribution in [0.3, 0.4) is 0 Å². The number of nitrogens with two attached hydrogens (primary N) is 1. The summed E-state index contributed by atoms with van der Waals surface area (Å²) >= 11 is 0. The lowest BCUT2D eigenvalue weighted by Gasteiger charge is -2.22. The summed E-state index contributed by atoms with van der Waals surface area (Å²) < 4.78 is 0. The number of hydrogen-bond donors (Lipinski definition) is 1. The van der Waals surface area contributed by atoms with Crippen molar-refractivity contribution in [2.75, 3.05) is 39.8 Å². The molecule has 0 aromatic rings. The molecule has 4 nitrogen and oxygen atoms in total. The highest BCUT2D eigenvalue weighted by atomic mass is 15.3. The van der Waals surface area contributed by atoms with Crippen LogP contribution >= 0.6 is 0 Å². The zero-order valence-electron chi connectivity index (χ0n) is 9.37. The van der Waals surface area contributed by atoms with E-state index in [1.54, 1.807) is 0 Å². The predicted molar refractivity (Wildman–Crippen MR) is 60.5 cm³/mol. The van der Waals surface area contributed by atoms with E-state index < -0.39 is 0 Å². The van der Waals surface area contributed by atoms with Gasteiger partial charge in [0.15, 0.2) is 5.96 Å². The minimum Gasteiger partial charge on any atom is -0.370 e. The zero-order chi connectivity index (χ0) is 10.4. The van der Waals surface area contributed by atoms with Gasteiger partial charge in [0.05, 0.1) is 0 Å². The maximum absolute atomic E-state index is 5.77. The molecule has 0 amide bonds. The Morgan fingerprint density at radius 2 is 2.07 bits per heavy atom. The van der Waals surface area contributed by atoms with Gasteiger partial charge in [-0.2, -0.15) is 0 Å². The van der Waals surface area contributed by atoms with Gasteiger partial charge in [0.1, 0.15) is 0 Å². The fourth-order valence-electron chi connectivity index (χ4n) is 1.69. The molecule has 1 rings (SSSR count). The third kappa shape index (κ3) is 3.54. The second-order valence-electron chi connectivity index (χ2n) is 3.80. The summed E-state index contributed by atoms with van der Waals surface area (Å²) in [6.45, 7) is 7.35. The fourth-order valence-corrected chi connectivity index (χ4v) is 1.69. The van der Waals surface area contributed by atoms with E-state index in [1.165, 1.54) is 25.9 Å². The van der Waals surface area contributed by atoms with Gasteiger partial charge in [-0.05, 0) is 32.9 Å². The van der Waals surface area contributed by atoms with E-state index in [-0.39, 0.29) is 0 Å². The quantitative estimate of drug-likeness (QED) is 0.523. The molecule has 0 atom stereocenters. The third-order valence-corrected chi connectivity index (χ3v) is 2.66. The Hall–Kier alpha value is -0.770. The summed E-state index contributed by atoms with van der Waals surface area (Å²) in [6, 6.07) is 0. The Balaban J connectivity index is 2.19. The molecule has 82 valence electrons. The predicted octanol–water partition coefficient (Wildman–Crippen LogP) is 0.349. The molecular formula is C10H22N4. The summed E-state index contributed by atoms with van der Waals surface area (Å²) in [6.07, 6.45) is 2.70. The summed E-state index contributed by atoms with van der Waals surface area (Å²) in [7, 11) is 2.00. The van der Waals surface area contributed by atoms with Gasteiger partial charge in [-0.25, -0.2) is 0 Å². The van der Waals surface area contributed by atoms with Gasteiger partial charge in [-0.1, -0.05) is 0 Å². The molecule has 0 spiro atoms. The highest BCUT2D eigenvalue weighted by Gasteiger charge is 2.11. The van der Waals surface area contributed by atoms with E-state index in [4.69, 9.17) is 5.73 Å². The fraction of sp³-hybridized carbons (Fsp3) is 0.900. The molecule has 2 N–H and O–H groups in total. The number of rotatable bonds is 4. The number of guanidine groups is 1. The first-order valence-electron chi connectivity index (χ1n) is 5.47. The molecule has 0 aromatic carbocycles. The SMILES string of the molecule is CCN=C(N)N(C)CCN1CCCC1. The second-order valence-corrected chi connectivity index (χ2v) is 3.80. The Kier molecular flexibility index (Phi) is 4.73. The largest absolute Gasteiger partial charge is 0.370 e. The lowest BCUT2D eigenvalue weighted by atomic mass is 10.4. The van der Waals surface area contributed by atoms with E-state index in [9.17, 15) is 0 Å². The normalized spacial score (nSPS) is 18.9. The molecule has 0 bridgehead atoms. The van der Waals surface area contributed by atoms with Crippen LogP contribution in [-0.2, 0) is 0 Å². The van der Waals surface area contributed by atoms with Crippen LogP contribution in [0.5, 0.6) is 0 Å². The van der Waals surface area contributed by atoms with E-state index in [0.29, 0.717) is 5.96 Å². The summed E-state index contributed by atoms with van der Waals surface area (Å²) in [4.78, 5) is 8.68. The molecule has 0 radical (unpaired) electrons. The maximum atomic E-state index is 5.77. The maximum Gasteiger partial charge on any atom is 0.191 e. The van der Waals surface area contributed by atoms with Gasteiger partial charge in [0.25, 0.3) is 0 Å². The molecule has 0 unspecified atom stereocenters. The Morgan fingerprint density at radius 1 is 1.43 bits per heavy atom. The molecule has 1 fully saturated rings. The van der Waals surface area contributed by atoms with Crippen molar-refractivity contribution in [2.45, 2.75) is 19.8 Å². The van der Waals surface area contributed by atoms with E-state index in [0.717, 1.165) is 19.6 Å². The topological polar surface area (TPSA) is 44.9 Å². The van der Waals surface area contributed by atoms with E-state index >= 15 is 0 Å². The van der Waals surface area contributed by atoms with Crippen molar-refractivity contribution in [1.82, 2.24) is 9.80 Å². The van der Waals surface area contributed by atoms with Crippen LogP contribution in [0.1, 0.15) is 19.8 Å². The van der Waals surface area contributed by atoms with Crippen molar-refractivity contribution < 1.29 is 0 Å². The monoisotopic (exact) mass is 198 g/mol. The molecular weight excluding hydrogens is 176 g/mol.